The van der Waals surface area contributed by atoms with Crippen LogP contribution in [0.15, 0.2) is 0 Å². The lowest BCUT2D eigenvalue weighted by Crippen LogP contribution is -2.21. The fourth-order valence-corrected chi connectivity index (χ4v) is 2.01. The molecule has 0 bridgehead atoms. The van der Waals surface area contributed by atoms with Gasteiger partial charge in [-0.25, -0.2) is 8.42 Å². The normalized spacial score (nSPS) is 11.2. The molecule has 0 atom stereocenters. The quantitative estimate of drug-likeness (QED) is 0.579. The summed E-state index contributed by atoms with van der Waals surface area (Å²) in [5.74, 6) is -0.0961. The monoisotopic (exact) mass is 208 g/mol. The van der Waals surface area contributed by atoms with Gasteiger partial charge in [-0.2, -0.15) is 0 Å². The van der Waals surface area contributed by atoms with Gasteiger partial charge in [-0.15, -0.1) is 0 Å². The highest BCUT2D eigenvalue weighted by atomic mass is 32.2. The third-order valence-corrected chi connectivity index (χ3v) is 3.34. The summed E-state index contributed by atoms with van der Waals surface area (Å²) < 4.78 is 22.2. The highest BCUT2D eigenvalue weighted by molar-refractivity contribution is 7.91. The first-order valence-electron chi connectivity index (χ1n) is 4.13. The van der Waals surface area contributed by atoms with Crippen LogP contribution in [0, 0.1) is 0 Å². The van der Waals surface area contributed by atoms with E-state index < -0.39 is 9.84 Å². The van der Waals surface area contributed by atoms with Gasteiger partial charge in [-0.3, -0.25) is 4.79 Å². The summed E-state index contributed by atoms with van der Waals surface area (Å²) in [5, 5.41) is 2.42. The molecule has 0 aliphatic carbocycles. The van der Waals surface area contributed by atoms with E-state index >= 15 is 0 Å². The molecule has 78 valence electrons. The summed E-state index contributed by atoms with van der Waals surface area (Å²) in [4.78, 5) is 10.7. The van der Waals surface area contributed by atoms with Crippen molar-refractivity contribution < 1.29 is 13.2 Å². The van der Waals surface area contributed by atoms with Crippen LogP contribution >= 0.6 is 0 Å². The van der Waals surface area contributed by atoms with Crippen molar-refractivity contribution >= 4 is 15.7 Å². The van der Waals surface area contributed by atoms with Gasteiger partial charge >= 0.3 is 0 Å². The largest absolute Gasteiger partial charge is 0.359 e. The fourth-order valence-electron chi connectivity index (χ4n) is 0.859. The summed E-state index contributed by atoms with van der Waals surface area (Å²) in [6.45, 7) is 0.141. The Labute approximate surface area is 78.6 Å². The molecule has 0 saturated heterocycles. The van der Waals surface area contributed by atoms with Gasteiger partial charge < -0.3 is 11.1 Å². The highest BCUT2D eigenvalue weighted by Crippen LogP contribution is 1.96. The number of amides is 1. The lowest BCUT2D eigenvalue weighted by Gasteiger charge is -2.01. The molecule has 0 unspecified atom stereocenters. The molecule has 0 heterocycles. The van der Waals surface area contributed by atoms with Crippen LogP contribution in [0.5, 0.6) is 0 Å². The van der Waals surface area contributed by atoms with Crippen LogP contribution in [0.2, 0.25) is 0 Å². The molecular formula is C7H16N2O3S. The number of hydrogen-bond donors (Lipinski definition) is 2. The number of nitrogens with one attached hydrogen (secondary N) is 1. The number of carbonyl (C=O) groups is 1. The number of carbonyl (C=O) groups excluding carboxylic acids is 1. The van der Waals surface area contributed by atoms with Crippen molar-refractivity contribution in [3.8, 4) is 0 Å². The maximum Gasteiger partial charge on any atom is 0.219 e. The van der Waals surface area contributed by atoms with Crippen molar-refractivity contribution in [2.24, 2.45) is 5.73 Å². The average molecular weight is 208 g/mol. The van der Waals surface area contributed by atoms with E-state index in [2.05, 4.69) is 5.32 Å². The Morgan fingerprint density at radius 1 is 1.38 bits per heavy atom. The molecule has 13 heavy (non-hydrogen) atoms. The van der Waals surface area contributed by atoms with Crippen molar-refractivity contribution in [1.29, 1.82) is 0 Å². The van der Waals surface area contributed by atoms with Crippen LogP contribution in [0.3, 0.4) is 0 Å². The zero-order valence-electron chi connectivity index (χ0n) is 7.75. The second kappa shape index (κ2) is 5.93. The third kappa shape index (κ3) is 6.53. The first-order valence-corrected chi connectivity index (χ1v) is 5.95. The lowest BCUT2D eigenvalue weighted by atomic mass is 10.3. The Balaban J connectivity index is 3.70. The molecule has 0 spiro atoms. The third-order valence-electron chi connectivity index (χ3n) is 1.57. The van der Waals surface area contributed by atoms with Crippen LogP contribution in [0.1, 0.15) is 12.8 Å². The van der Waals surface area contributed by atoms with E-state index in [4.69, 9.17) is 5.73 Å². The number of sulfone groups is 1. The number of nitrogens with two attached hydrogens (primary N) is 1. The van der Waals surface area contributed by atoms with Gasteiger partial charge in [0, 0.05) is 20.0 Å². The Hall–Kier alpha value is -0.620. The Morgan fingerprint density at radius 3 is 2.46 bits per heavy atom. The number of rotatable bonds is 6. The van der Waals surface area contributed by atoms with Crippen LogP contribution in [-0.4, -0.2) is 39.4 Å². The molecule has 1 amide bonds. The molecule has 6 heteroatoms. The standard InChI is InChI=1S/C7H16N2O3S/c1-9-7(10)3-2-5-13(11,12)6-4-8/h2-6,8H2,1H3,(H,9,10). The van der Waals surface area contributed by atoms with E-state index in [1.807, 2.05) is 0 Å². The van der Waals surface area contributed by atoms with Crippen LogP contribution in [0.25, 0.3) is 0 Å². The van der Waals surface area contributed by atoms with E-state index in [9.17, 15) is 13.2 Å². The number of hydrogen-bond acceptors (Lipinski definition) is 4. The van der Waals surface area contributed by atoms with Gasteiger partial charge in [0.15, 0.2) is 9.84 Å². The van der Waals surface area contributed by atoms with E-state index in [1.54, 1.807) is 0 Å². The first kappa shape index (κ1) is 12.4. The zero-order chi connectivity index (χ0) is 10.3. The molecule has 0 fully saturated rings. The van der Waals surface area contributed by atoms with Gasteiger partial charge in [0.05, 0.1) is 11.5 Å². The summed E-state index contributed by atoms with van der Waals surface area (Å²) in [7, 11) is -1.52. The van der Waals surface area contributed by atoms with Crippen molar-refractivity contribution in [3.05, 3.63) is 0 Å². The van der Waals surface area contributed by atoms with Gasteiger partial charge in [0.2, 0.25) is 5.91 Å². The maximum absolute atomic E-state index is 11.1. The Bertz CT molecular complexity index is 248. The van der Waals surface area contributed by atoms with Crippen LogP contribution < -0.4 is 11.1 Å². The van der Waals surface area contributed by atoms with Crippen molar-refractivity contribution in [2.45, 2.75) is 12.8 Å². The van der Waals surface area contributed by atoms with E-state index in [-0.39, 0.29) is 30.4 Å². The smallest absolute Gasteiger partial charge is 0.219 e. The lowest BCUT2D eigenvalue weighted by molar-refractivity contribution is -0.120. The van der Waals surface area contributed by atoms with Gasteiger partial charge in [-0.1, -0.05) is 0 Å². The van der Waals surface area contributed by atoms with E-state index in [0.29, 0.717) is 6.42 Å². The second-order valence-corrected chi connectivity index (χ2v) is 5.02. The van der Waals surface area contributed by atoms with Gasteiger partial charge in [0.25, 0.3) is 0 Å². The van der Waals surface area contributed by atoms with Crippen LogP contribution in [-0.2, 0) is 14.6 Å². The molecule has 3 N–H and O–H groups in total. The predicted octanol–water partition coefficient (Wildman–Crippen LogP) is -1.11. The van der Waals surface area contributed by atoms with E-state index in [1.165, 1.54) is 7.05 Å². The molecule has 0 aromatic carbocycles. The average Bonchev–Trinajstić information content (AvgIpc) is 2.03. The minimum Gasteiger partial charge on any atom is -0.359 e. The summed E-state index contributed by atoms with van der Waals surface area (Å²) >= 11 is 0. The van der Waals surface area contributed by atoms with Crippen LogP contribution in [0.4, 0.5) is 0 Å². The minimum atomic E-state index is -3.04. The Morgan fingerprint density at radius 2 is 2.00 bits per heavy atom. The van der Waals surface area contributed by atoms with Gasteiger partial charge in [0.1, 0.15) is 0 Å². The minimum absolute atomic E-state index is 0.000738. The summed E-state index contributed by atoms with van der Waals surface area (Å²) in [6.07, 6.45) is 0.613. The van der Waals surface area contributed by atoms with Crippen molar-refractivity contribution in [3.63, 3.8) is 0 Å². The Kier molecular flexibility index (Phi) is 5.65. The fraction of sp³-hybridized carbons (Fsp3) is 0.857. The molecule has 0 aromatic heterocycles. The van der Waals surface area contributed by atoms with Crippen molar-refractivity contribution in [2.75, 3.05) is 25.1 Å². The summed E-state index contributed by atoms with van der Waals surface area (Å²) in [5.41, 5.74) is 5.11. The topological polar surface area (TPSA) is 89.3 Å². The SMILES string of the molecule is CNC(=O)CCCS(=O)(=O)CCN. The van der Waals surface area contributed by atoms with Gasteiger partial charge in [-0.05, 0) is 6.42 Å². The molecule has 0 aliphatic heterocycles. The van der Waals surface area contributed by atoms with Crippen molar-refractivity contribution in [1.82, 2.24) is 5.32 Å². The molecule has 0 aromatic rings. The maximum atomic E-state index is 11.1. The molecule has 0 radical (unpaired) electrons. The van der Waals surface area contributed by atoms with E-state index in [0.717, 1.165) is 0 Å². The zero-order valence-corrected chi connectivity index (χ0v) is 8.56. The predicted molar refractivity (Wildman–Crippen MR) is 51.0 cm³/mol. The summed E-state index contributed by atoms with van der Waals surface area (Å²) in [6, 6.07) is 0. The first-order chi connectivity index (χ1) is 6.02. The molecule has 5 nitrogen and oxygen atoms in total. The highest BCUT2D eigenvalue weighted by Gasteiger charge is 2.09. The molecule has 0 saturated carbocycles. The molecule has 0 rings (SSSR count). The molecule has 0 aliphatic rings. The molecular weight excluding hydrogens is 192 g/mol. The second-order valence-electron chi connectivity index (χ2n) is 2.72.